The van der Waals surface area contributed by atoms with Crippen molar-refractivity contribution in [3.05, 3.63) is 112 Å². The van der Waals surface area contributed by atoms with Gasteiger partial charge >= 0.3 is 0 Å². The van der Waals surface area contributed by atoms with Crippen LogP contribution < -0.4 is 10.9 Å². The number of hydrogen-bond acceptors (Lipinski definition) is 3. The normalized spacial score (nSPS) is 11.9. The van der Waals surface area contributed by atoms with E-state index < -0.39 is 11.9 Å². The second kappa shape index (κ2) is 7.67. The third-order valence-corrected chi connectivity index (χ3v) is 4.78. The summed E-state index contributed by atoms with van der Waals surface area (Å²) < 4.78 is 14.6. The zero-order valence-corrected chi connectivity index (χ0v) is 15.7. The molecule has 29 heavy (non-hydrogen) atoms. The van der Waals surface area contributed by atoms with Crippen LogP contribution in [0.2, 0.25) is 0 Å². The summed E-state index contributed by atoms with van der Waals surface area (Å²) in [5, 5.41) is 8.08. The molecule has 3 aromatic carbocycles. The Balaban J connectivity index is 1.78. The topological polar surface area (TPSA) is 64.0 Å². The SMILES string of the molecule is Cn1nc(C(=O)NC(c2ccccc2)c2ccc(F)cc2)c2ccccc2c1=O. The van der Waals surface area contributed by atoms with Gasteiger partial charge in [0.05, 0.1) is 11.4 Å². The third kappa shape index (κ3) is 3.65. The van der Waals surface area contributed by atoms with E-state index in [2.05, 4.69) is 10.4 Å². The minimum atomic E-state index is -0.498. The molecule has 4 aromatic rings. The van der Waals surface area contributed by atoms with Gasteiger partial charge in [-0.05, 0) is 29.3 Å². The second-order valence-electron chi connectivity index (χ2n) is 6.69. The minimum absolute atomic E-state index is 0.158. The van der Waals surface area contributed by atoms with Crippen molar-refractivity contribution in [2.75, 3.05) is 0 Å². The van der Waals surface area contributed by atoms with Gasteiger partial charge in [-0.2, -0.15) is 5.10 Å². The molecule has 1 heterocycles. The molecule has 1 unspecified atom stereocenters. The highest BCUT2D eigenvalue weighted by molar-refractivity contribution is 6.05. The van der Waals surface area contributed by atoms with E-state index in [9.17, 15) is 14.0 Å². The Kier molecular flexibility index (Phi) is 4.91. The maximum atomic E-state index is 13.4. The van der Waals surface area contributed by atoms with Crippen molar-refractivity contribution in [2.45, 2.75) is 6.04 Å². The number of benzene rings is 3. The van der Waals surface area contributed by atoms with Crippen molar-refractivity contribution in [2.24, 2.45) is 7.05 Å². The van der Waals surface area contributed by atoms with Crippen LogP contribution in [0.25, 0.3) is 10.8 Å². The summed E-state index contributed by atoms with van der Waals surface area (Å²) >= 11 is 0. The van der Waals surface area contributed by atoms with E-state index in [1.165, 1.54) is 19.2 Å². The van der Waals surface area contributed by atoms with E-state index >= 15 is 0 Å². The van der Waals surface area contributed by atoms with Crippen LogP contribution in [-0.2, 0) is 7.05 Å². The second-order valence-corrected chi connectivity index (χ2v) is 6.69. The Morgan fingerprint density at radius 3 is 2.17 bits per heavy atom. The fourth-order valence-corrected chi connectivity index (χ4v) is 3.33. The van der Waals surface area contributed by atoms with E-state index in [1.807, 2.05) is 30.3 Å². The first-order chi connectivity index (χ1) is 14.0. The lowest BCUT2D eigenvalue weighted by atomic mass is 9.98. The number of hydrogen-bond donors (Lipinski definition) is 1. The number of halogens is 1. The summed E-state index contributed by atoms with van der Waals surface area (Å²) in [4.78, 5) is 25.5. The Morgan fingerprint density at radius 1 is 0.897 bits per heavy atom. The Hall–Kier alpha value is -3.80. The predicted octanol–water partition coefficient (Wildman–Crippen LogP) is 3.59. The van der Waals surface area contributed by atoms with Crippen molar-refractivity contribution in [1.82, 2.24) is 15.1 Å². The van der Waals surface area contributed by atoms with Crippen molar-refractivity contribution in [3.63, 3.8) is 0 Å². The maximum Gasteiger partial charge on any atom is 0.274 e. The summed E-state index contributed by atoms with van der Waals surface area (Å²) in [7, 11) is 1.51. The molecule has 6 heteroatoms. The Morgan fingerprint density at radius 2 is 1.48 bits per heavy atom. The van der Waals surface area contributed by atoms with Crippen LogP contribution in [0.4, 0.5) is 4.39 Å². The molecule has 0 spiro atoms. The molecular formula is C23H18FN3O2. The minimum Gasteiger partial charge on any atom is -0.340 e. The van der Waals surface area contributed by atoms with Crippen LogP contribution >= 0.6 is 0 Å². The average Bonchev–Trinajstić information content (AvgIpc) is 2.76. The standard InChI is InChI=1S/C23H18FN3O2/c1-27-23(29)19-10-6-5-9-18(19)21(26-27)22(28)25-20(15-7-3-2-4-8-15)16-11-13-17(24)14-12-16/h2-14,20H,1H3,(H,25,28). The molecule has 0 bridgehead atoms. The molecule has 0 saturated carbocycles. The highest BCUT2D eigenvalue weighted by atomic mass is 19.1. The molecule has 5 nitrogen and oxygen atoms in total. The van der Waals surface area contributed by atoms with Gasteiger partial charge in [0, 0.05) is 12.4 Å². The molecule has 0 aliphatic carbocycles. The lowest BCUT2D eigenvalue weighted by molar-refractivity contribution is 0.0937. The summed E-state index contributed by atoms with van der Waals surface area (Å²) in [5.41, 5.74) is 1.47. The number of aryl methyl sites for hydroxylation is 1. The number of carbonyl (C=O) groups excluding carboxylic acids is 1. The fourth-order valence-electron chi connectivity index (χ4n) is 3.33. The molecule has 0 radical (unpaired) electrons. The van der Waals surface area contributed by atoms with Crippen molar-refractivity contribution >= 4 is 16.7 Å². The zero-order chi connectivity index (χ0) is 20.4. The highest BCUT2D eigenvalue weighted by Gasteiger charge is 2.21. The van der Waals surface area contributed by atoms with Gasteiger partial charge in [-0.15, -0.1) is 0 Å². The molecule has 1 aromatic heterocycles. The summed E-state index contributed by atoms with van der Waals surface area (Å²) in [6, 6.07) is 21.8. The van der Waals surface area contributed by atoms with Crippen LogP contribution in [0.3, 0.4) is 0 Å². The van der Waals surface area contributed by atoms with E-state index in [4.69, 9.17) is 0 Å². The van der Waals surface area contributed by atoms with Crippen LogP contribution in [0.15, 0.2) is 83.7 Å². The summed E-state index contributed by atoms with van der Waals surface area (Å²) in [5.74, 6) is -0.771. The lowest BCUT2D eigenvalue weighted by Gasteiger charge is -2.20. The molecular weight excluding hydrogens is 369 g/mol. The van der Waals surface area contributed by atoms with E-state index in [1.54, 1.807) is 36.4 Å². The van der Waals surface area contributed by atoms with Gasteiger partial charge in [-0.25, -0.2) is 9.07 Å². The number of nitrogens with zero attached hydrogens (tertiary/aromatic N) is 2. The smallest absolute Gasteiger partial charge is 0.274 e. The Labute approximate surface area is 166 Å². The van der Waals surface area contributed by atoms with Crippen molar-refractivity contribution in [3.8, 4) is 0 Å². The highest BCUT2D eigenvalue weighted by Crippen LogP contribution is 2.23. The summed E-state index contributed by atoms with van der Waals surface area (Å²) in [6.45, 7) is 0. The number of amides is 1. The van der Waals surface area contributed by atoms with Gasteiger partial charge in [0.2, 0.25) is 0 Å². The van der Waals surface area contributed by atoms with Crippen molar-refractivity contribution in [1.29, 1.82) is 0 Å². The first-order valence-electron chi connectivity index (χ1n) is 9.12. The van der Waals surface area contributed by atoms with Crippen LogP contribution in [0.5, 0.6) is 0 Å². The molecule has 0 aliphatic heterocycles. The molecule has 1 amide bonds. The van der Waals surface area contributed by atoms with Gasteiger partial charge in [0.1, 0.15) is 5.82 Å². The van der Waals surface area contributed by atoms with Gasteiger partial charge in [-0.1, -0.05) is 60.7 Å². The first-order valence-corrected chi connectivity index (χ1v) is 9.12. The monoisotopic (exact) mass is 387 g/mol. The molecule has 0 fully saturated rings. The number of aromatic nitrogens is 2. The molecule has 0 aliphatic rings. The molecule has 4 rings (SSSR count). The van der Waals surface area contributed by atoms with Gasteiger partial charge in [0.25, 0.3) is 11.5 Å². The number of carbonyl (C=O) groups is 1. The van der Waals surface area contributed by atoms with E-state index in [-0.39, 0.29) is 17.1 Å². The van der Waals surface area contributed by atoms with Crippen LogP contribution in [-0.4, -0.2) is 15.7 Å². The third-order valence-electron chi connectivity index (χ3n) is 4.78. The molecule has 1 N–H and O–H groups in total. The average molecular weight is 387 g/mol. The number of fused-ring (bicyclic) bond motifs is 1. The van der Waals surface area contributed by atoms with Gasteiger partial charge in [-0.3, -0.25) is 9.59 Å². The predicted molar refractivity (Wildman–Crippen MR) is 109 cm³/mol. The van der Waals surface area contributed by atoms with Crippen LogP contribution in [0, 0.1) is 5.82 Å². The molecule has 144 valence electrons. The molecule has 1 atom stereocenters. The number of nitrogens with one attached hydrogen (secondary N) is 1. The van der Waals surface area contributed by atoms with E-state index in [0.29, 0.717) is 10.8 Å². The zero-order valence-electron chi connectivity index (χ0n) is 15.7. The molecule has 0 saturated heterocycles. The van der Waals surface area contributed by atoms with Gasteiger partial charge in [0.15, 0.2) is 5.69 Å². The summed E-state index contributed by atoms with van der Waals surface area (Å²) in [6.07, 6.45) is 0. The lowest BCUT2D eigenvalue weighted by Crippen LogP contribution is -2.32. The maximum absolute atomic E-state index is 13.4. The van der Waals surface area contributed by atoms with Gasteiger partial charge < -0.3 is 5.32 Å². The quantitative estimate of drug-likeness (QED) is 0.582. The van der Waals surface area contributed by atoms with E-state index in [0.717, 1.165) is 15.8 Å². The Bertz CT molecular complexity index is 1230. The van der Waals surface area contributed by atoms with Crippen molar-refractivity contribution < 1.29 is 9.18 Å². The fraction of sp³-hybridized carbons (Fsp3) is 0.0870. The number of rotatable bonds is 4. The first kappa shape index (κ1) is 18.6. The van der Waals surface area contributed by atoms with Crippen LogP contribution in [0.1, 0.15) is 27.7 Å². The largest absolute Gasteiger partial charge is 0.340 e.